The molecule has 1 aliphatic carbocycles. The van der Waals surface area contributed by atoms with Crippen LogP contribution < -0.4 is 0 Å². The van der Waals surface area contributed by atoms with Gasteiger partial charge in [0.1, 0.15) is 11.7 Å². The van der Waals surface area contributed by atoms with Crippen molar-refractivity contribution in [1.82, 2.24) is 4.98 Å². The lowest BCUT2D eigenvalue weighted by Crippen LogP contribution is -2.47. The molecule has 0 bridgehead atoms. The SMILES string of the molecule is CC(C)c1nc2c(c3c1[C@@H](c1ccc(C(F)(F)F)cc1)OC31CCOCC1I)[C@@H](O[Si-](C)(C)C(C)(C)C)CC(C)(C)C2. The van der Waals surface area contributed by atoms with Crippen LogP contribution in [-0.2, 0) is 32.1 Å². The van der Waals surface area contributed by atoms with Gasteiger partial charge in [-0.15, -0.1) is 18.1 Å². The Labute approximate surface area is 263 Å². The van der Waals surface area contributed by atoms with E-state index in [4.69, 9.17) is 18.9 Å². The van der Waals surface area contributed by atoms with E-state index in [9.17, 15) is 13.2 Å². The molecular weight excluding hydrogens is 670 g/mol. The fraction of sp³-hybridized carbons (Fsp3) is 0.667. The summed E-state index contributed by atoms with van der Waals surface area (Å²) in [5.74, 6) is 0.108. The minimum absolute atomic E-state index is 0.00830. The summed E-state index contributed by atoms with van der Waals surface area (Å²) in [5, 5.41) is 0.0324. The van der Waals surface area contributed by atoms with Crippen molar-refractivity contribution < 1.29 is 27.1 Å². The normalized spacial score (nSPS) is 27.8. The number of halogens is 4. The van der Waals surface area contributed by atoms with Crippen molar-refractivity contribution in [1.29, 1.82) is 0 Å². The molecule has 0 radical (unpaired) electrons. The molecule has 4 atom stereocenters. The number of aromatic nitrogens is 1. The smallest absolute Gasteiger partial charge is 0.416 e. The molecule has 1 spiro atoms. The molecule has 1 aromatic carbocycles. The van der Waals surface area contributed by atoms with Gasteiger partial charge in [0, 0.05) is 47.2 Å². The fourth-order valence-corrected chi connectivity index (χ4v) is 8.90. The van der Waals surface area contributed by atoms with Crippen molar-refractivity contribution >= 4 is 30.9 Å². The van der Waals surface area contributed by atoms with Crippen molar-refractivity contribution in [2.45, 2.75) is 120 Å². The van der Waals surface area contributed by atoms with Gasteiger partial charge in [-0.25, -0.2) is 0 Å². The van der Waals surface area contributed by atoms with E-state index in [-0.39, 0.29) is 26.4 Å². The number of pyridine rings is 1. The average Bonchev–Trinajstić information content (AvgIpc) is 3.18. The highest BCUT2D eigenvalue weighted by Crippen LogP contribution is 2.60. The second-order valence-corrected chi connectivity index (χ2v) is 21.3. The molecule has 233 valence electrons. The predicted molar refractivity (Wildman–Crippen MR) is 171 cm³/mol. The molecule has 1 fully saturated rings. The Kier molecular flexibility index (Phi) is 8.33. The van der Waals surface area contributed by atoms with Crippen molar-refractivity contribution in [2.24, 2.45) is 5.41 Å². The van der Waals surface area contributed by atoms with E-state index in [1.54, 1.807) is 12.1 Å². The van der Waals surface area contributed by atoms with Gasteiger partial charge in [-0.05, 0) is 50.2 Å². The third-order valence-corrected chi connectivity index (χ3v) is 15.7. The van der Waals surface area contributed by atoms with Crippen LogP contribution in [0.2, 0.25) is 18.1 Å². The van der Waals surface area contributed by atoms with Crippen molar-refractivity contribution in [3.63, 3.8) is 0 Å². The van der Waals surface area contributed by atoms with Gasteiger partial charge in [-0.1, -0.05) is 83.2 Å². The first-order valence-corrected chi connectivity index (χ1v) is 19.2. The molecule has 3 heterocycles. The summed E-state index contributed by atoms with van der Waals surface area (Å²) < 4.78 is 60.9. The number of fused-ring (bicyclic) bond motifs is 4. The third kappa shape index (κ3) is 5.63. The lowest BCUT2D eigenvalue weighted by atomic mass is 9.70. The van der Waals surface area contributed by atoms with Crippen LogP contribution in [0.1, 0.15) is 119 Å². The number of benzene rings is 1. The molecule has 1 saturated heterocycles. The summed E-state index contributed by atoms with van der Waals surface area (Å²) in [6, 6.07) is 5.49. The number of nitrogens with zero attached hydrogens (tertiary/aromatic N) is 1. The molecule has 2 aliphatic heterocycles. The van der Waals surface area contributed by atoms with E-state index in [2.05, 4.69) is 84.2 Å². The zero-order chi connectivity index (χ0) is 31.0. The van der Waals surface area contributed by atoms with Crippen LogP contribution in [0.3, 0.4) is 0 Å². The van der Waals surface area contributed by atoms with Gasteiger partial charge in [0.25, 0.3) is 0 Å². The van der Waals surface area contributed by atoms with Crippen LogP contribution >= 0.6 is 22.6 Å². The molecule has 2 aromatic rings. The molecule has 3 aliphatic rings. The second-order valence-electron chi connectivity index (χ2n) is 15.0. The summed E-state index contributed by atoms with van der Waals surface area (Å²) in [6.45, 7) is 21.4. The third-order valence-electron chi connectivity index (χ3n) is 9.82. The maximum absolute atomic E-state index is 13.5. The predicted octanol–water partition coefficient (Wildman–Crippen LogP) is 9.80. The van der Waals surface area contributed by atoms with Gasteiger partial charge >= 0.3 is 6.18 Å². The first-order chi connectivity index (χ1) is 19.3. The van der Waals surface area contributed by atoms with Gasteiger partial charge in [-0.3, -0.25) is 4.98 Å². The van der Waals surface area contributed by atoms with E-state index < -0.39 is 31.8 Å². The summed E-state index contributed by atoms with van der Waals surface area (Å²) in [7, 11) is -2.18. The van der Waals surface area contributed by atoms with Crippen LogP contribution in [0.5, 0.6) is 0 Å². The lowest BCUT2D eigenvalue weighted by molar-refractivity contribution is -0.137. The highest BCUT2D eigenvalue weighted by atomic mass is 127. The highest BCUT2D eigenvalue weighted by molar-refractivity contribution is 14.1. The molecule has 9 heteroatoms. The van der Waals surface area contributed by atoms with Gasteiger partial charge in [0.15, 0.2) is 0 Å². The topological polar surface area (TPSA) is 40.6 Å². The largest absolute Gasteiger partial charge is 0.559 e. The van der Waals surface area contributed by atoms with Gasteiger partial charge in [0.2, 0.25) is 0 Å². The van der Waals surface area contributed by atoms with Gasteiger partial charge < -0.3 is 13.9 Å². The van der Waals surface area contributed by atoms with E-state index in [0.717, 1.165) is 40.9 Å². The van der Waals surface area contributed by atoms with Crippen LogP contribution in [0.15, 0.2) is 24.3 Å². The molecule has 1 aromatic heterocycles. The summed E-state index contributed by atoms with van der Waals surface area (Å²) in [5.41, 5.74) is 4.85. The molecule has 5 rings (SSSR count). The Morgan fingerprint density at radius 2 is 1.71 bits per heavy atom. The van der Waals surface area contributed by atoms with Gasteiger partial charge in [-0.2, -0.15) is 13.2 Å². The van der Waals surface area contributed by atoms with E-state index >= 15 is 0 Å². The number of hydrogen-bond donors (Lipinski definition) is 0. The maximum Gasteiger partial charge on any atom is 0.416 e. The summed E-state index contributed by atoms with van der Waals surface area (Å²) >= 11 is 2.46. The Morgan fingerprint density at radius 3 is 2.26 bits per heavy atom. The van der Waals surface area contributed by atoms with Crippen LogP contribution in [-0.4, -0.2) is 30.4 Å². The maximum atomic E-state index is 13.5. The molecule has 0 N–H and O–H groups in total. The quantitative estimate of drug-likeness (QED) is 0.180. The first-order valence-electron chi connectivity index (χ1n) is 15.1. The van der Waals surface area contributed by atoms with E-state index in [1.165, 1.54) is 17.7 Å². The minimum atomic E-state index is -4.40. The van der Waals surface area contributed by atoms with Crippen molar-refractivity contribution in [3.05, 3.63) is 63.5 Å². The standard InChI is InChI=1S/C33H45F3INO3Si/c1-19(2)28-26-27(25-22(38-28)16-31(6,7)17-23(25)41-42(8,9)30(3,4)5)32(14-15-39-18-24(32)37)40-29(26)20-10-12-21(13-11-20)33(34,35)36/h10-13,19,23-24,29H,14-18H2,1-9H3/q-1/t23-,24?,29+,32?/m0/s1. The second kappa shape index (κ2) is 10.8. The fourth-order valence-electron chi connectivity index (χ4n) is 6.61. The number of ether oxygens (including phenoxy) is 2. The van der Waals surface area contributed by atoms with Crippen LogP contribution in [0.4, 0.5) is 13.2 Å². The Morgan fingerprint density at radius 1 is 1.07 bits per heavy atom. The zero-order valence-electron chi connectivity index (χ0n) is 26.3. The monoisotopic (exact) mass is 715 g/mol. The Hall–Kier alpha value is -1.01. The number of rotatable bonds is 4. The average molecular weight is 716 g/mol. The molecule has 2 unspecified atom stereocenters. The van der Waals surface area contributed by atoms with Gasteiger partial charge in [0.05, 0.1) is 16.1 Å². The molecule has 0 amide bonds. The highest BCUT2D eigenvalue weighted by Gasteiger charge is 2.56. The number of alkyl halides is 4. The van der Waals surface area contributed by atoms with Crippen LogP contribution in [0, 0.1) is 5.41 Å². The van der Waals surface area contributed by atoms with Crippen LogP contribution in [0.25, 0.3) is 0 Å². The van der Waals surface area contributed by atoms with Crippen molar-refractivity contribution in [2.75, 3.05) is 13.2 Å². The molecule has 42 heavy (non-hydrogen) atoms. The molecule has 4 nitrogen and oxygen atoms in total. The number of hydrogen-bond acceptors (Lipinski definition) is 4. The molecule has 0 saturated carbocycles. The van der Waals surface area contributed by atoms with E-state index in [1.807, 2.05) is 0 Å². The zero-order valence-corrected chi connectivity index (χ0v) is 29.5. The lowest BCUT2D eigenvalue weighted by Gasteiger charge is -2.54. The minimum Gasteiger partial charge on any atom is -0.559 e. The Balaban J connectivity index is 1.79. The Bertz CT molecular complexity index is 1340. The first kappa shape index (κ1) is 32.4. The summed E-state index contributed by atoms with van der Waals surface area (Å²) in [4.78, 5) is 5.40. The van der Waals surface area contributed by atoms with Crippen molar-refractivity contribution in [3.8, 4) is 0 Å². The summed E-state index contributed by atoms with van der Waals surface area (Å²) in [6.07, 6.45) is -2.65. The molecular formula is C33H45F3INO3Si-. The van der Waals surface area contributed by atoms with E-state index in [0.29, 0.717) is 19.6 Å².